The Balaban J connectivity index is 3.02. The molecule has 1 heteroatoms. The molecule has 1 aliphatic rings. The van der Waals surface area contributed by atoms with Crippen molar-refractivity contribution in [3.05, 3.63) is 51.6 Å². The van der Waals surface area contributed by atoms with Crippen molar-refractivity contribution in [2.75, 3.05) is 0 Å². The second-order valence-electron chi connectivity index (χ2n) is 11.1. The first-order chi connectivity index (χ1) is 12.7. The Bertz CT molecular complexity index is 745. The van der Waals surface area contributed by atoms with E-state index in [0.717, 1.165) is 12.8 Å². The summed E-state index contributed by atoms with van der Waals surface area (Å²) in [7, 11) is -2.06. The van der Waals surface area contributed by atoms with Crippen LogP contribution < -0.4 is 5.19 Å². The van der Waals surface area contributed by atoms with Crippen LogP contribution in [0.15, 0.2) is 40.5 Å². The zero-order chi connectivity index (χ0) is 21.7. The van der Waals surface area contributed by atoms with E-state index in [9.17, 15) is 0 Å². The Morgan fingerprint density at radius 1 is 0.679 bits per heavy atom. The molecule has 0 unspecified atom stereocenters. The van der Waals surface area contributed by atoms with Gasteiger partial charge in [0.25, 0.3) is 0 Å². The largest absolute Gasteiger partial charge is 0.108 e. The molecule has 28 heavy (non-hydrogen) atoms. The molecule has 1 aliphatic carbocycles. The first-order valence-corrected chi connectivity index (χ1v) is 13.3. The first-order valence-electron chi connectivity index (χ1n) is 11.2. The van der Waals surface area contributed by atoms with Crippen LogP contribution >= 0.6 is 0 Å². The monoisotopic (exact) mass is 396 g/mol. The smallest absolute Gasteiger partial charge is 0.0653 e. The van der Waals surface area contributed by atoms with Gasteiger partial charge in [-0.1, -0.05) is 89.9 Å². The van der Waals surface area contributed by atoms with Crippen molar-refractivity contribution in [2.45, 2.75) is 112 Å². The fraction of sp³-hybridized carbons (Fsp3) is 0.630. The predicted octanol–water partition coefficient (Wildman–Crippen LogP) is 8.12. The third-order valence-corrected chi connectivity index (χ3v) is 15.4. The van der Waals surface area contributed by atoms with Crippen LogP contribution in [0.4, 0.5) is 0 Å². The number of benzene rings is 1. The van der Waals surface area contributed by atoms with Gasteiger partial charge in [-0.05, 0) is 72.9 Å². The van der Waals surface area contributed by atoms with Crippen molar-refractivity contribution in [1.29, 1.82) is 0 Å². The van der Waals surface area contributed by atoms with E-state index >= 15 is 0 Å². The van der Waals surface area contributed by atoms with Crippen LogP contribution in [0.3, 0.4) is 0 Å². The first kappa shape index (κ1) is 23.2. The molecule has 0 bridgehead atoms. The van der Waals surface area contributed by atoms with E-state index in [2.05, 4.69) is 101 Å². The van der Waals surface area contributed by atoms with Gasteiger partial charge in [0.05, 0.1) is 0 Å². The minimum Gasteiger partial charge on any atom is -0.0653 e. The second-order valence-corrected chi connectivity index (χ2v) is 16.9. The lowest BCUT2D eigenvalue weighted by atomic mass is 10.1. The molecule has 0 N–H and O–H groups in total. The molecule has 2 rings (SSSR count). The molecule has 0 fully saturated rings. The Labute approximate surface area is 176 Å². The molecule has 0 atom stereocenters. The standard InChI is InChI=1S/C27H44Si/c1-13-22-15-23(14-2)17-24(16-22)28(26(7,8)9,27(10,11)12)25-20(5)18(3)19(4)21(25)6/h15-17,25H,13-14H2,1-12H3. The molecular formula is C27H44Si. The Morgan fingerprint density at radius 2 is 1.04 bits per heavy atom. The predicted molar refractivity (Wildman–Crippen MR) is 131 cm³/mol. The molecule has 0 spiro atoms. The van der Waals surface area contributed by atoms with Crippen LogP contribution in [0.2, 0.25) is 15.6 Å². The highest BCUT2D eigenvalue weighted by atomic mass is 28.3. The molecule has 0 heterocycles. The third kappa shape index (κ3) is 3.38. The van der Waals surface area contributed by atoms with Gasteiger partial charge in [0, 0.05) is 5.54 Å². The summed E-state index contributed by atoms with van der Waals surface area (Å²) in [6.45, 7) is 29.3. The highest BCUT2D eigenvalue weighted by molar-refractivity contribution is 6.98. The van der Waals surface area contributed by atoms with Crippen molar-refractivity contribution in [1.82, 2.24) is 0 Å². The average Bonchev–Trinajstić information content (AvgIpc) is 2.77. The quantitative estimate of drug-likeness (QED) is 0.451. The normalized spacial score (nSPS) is 17.1. The van der Waals surface area contributed by atoms with Gasteiger partial charge in [0.2, 0.25) is 0 Å². The van der Waals surface area contributed by atoms with Crippen molar-refractivity contribution in [2.24, 2.45) is 0 Å². The number of hydrogen-bond acceptors (Lipinski definition) is 0. The van der Waals surface area contributed by atoms with Gasteiger partial charge in [-0.25, -0.2) is 0 Å². The zero-order valence-electron chi connectivity index (χ0n) is 20.7. The van der Waals surface area contributed by atoms with Crippen molar-refractivity contribution < 1.29 is 0 Å². The molecule has 0 saturated carbocycles. The van der Waals surface area contributed by atoms with Crippen LogP contribution in [0.5, 0.6) is 0 Å². The number of rotatable bonds is 4. The topological polar surface area (TPSA) is 0 Å². The summed E-state index contributed by atoms with van der Waals surface area (Å²) in [5.74, 6) is 0. The lowest BCUT2D eigenvalue weighted by Crippen LogP contribution is -2.64. The lowest BCUT2D eigenvalue weighted by molar-refractivity contribution is 0.608. The number of aryl methyl sites for hydroxylation is 2. The van der Waals surface area contributed by atoms with Crippen LogP contribution in [0, 0.1) is 0 Å². The Kier molecular flexibility index (Phi) is 6.32. The summed E-state index contributed by atoms with van der Waals surface area (Å²) < 4.78 is 0. The summed E-state index contributed by atoms with van der Waals surface area (Å²) in [5, 5.41) is 2.18. The maximum Gasteiger partial charge on any atom is 0.108 e. The van der Waals surface area contributed by atoms with Gasteiger partial charge in [-0.3, -0.25) is 0 Å². The summed E-state index contributed by atoms with van der Waals surface area (Å²) in [6, 6.07) is 7.61. The number of hydrogen-bond donors (Lipinski definition) is 0. The summed E-state index contributed by atoms with van der Waals surface area (Å²) in [6.07, 6.45) is 2.23. The van der Waals surface area contributed by atoms with Crippen molar-refractivity contribution in [3.8, 4) is 0 Å². The lowest BCUT2D eigenvalue weighted by Gasteiger charge is -2.57. The molecule has 0 saturated heterocycles. The highest BCUT2D eigenvalue weighted by Gasteiger charge is 2.60. The van der Waals surface area contributed by atoms with E-state index in [4.69, 9.17) is 0 Å². The van der Waals surface area contributed by atoms with Crippen LogP contribution in [0.25, 0.3) is 0 Å². The van der Waals surface area contributed by atoms with Gasteiger partial charge in [-0.2, -0.15) is 0 Å². The van der Waals surface area contributed by atoms with Gasteiger partial charge in [0.1, 0.15) is 8.07 Å². The Hall–Kier alpha value is -1.08. The molecule has 0 aromatic heterocycles. The van der Waals surface area contributed by atoms with E-state index in [1.165, 1.54) is 22.3 Å². The average molecular weight is 397 g/mol. The molecule has 156 valence electrons. The van der Waals surface area contributed by atoms with Crippen molar-refractivity contribution >= 4 is 13.3 Å². The van der Waals surface area contributed by atoms with Crippen LogP contribution in [-0.2, 0) is 12.8 Å². The molecule has 1 aromatic rings. The molecule has 1 aromatic carbocycles. The van der Waals surface area contributed by atoms with Crippen LogP contribution in [-0.4, -0.2) is 8.07 Å². The fourth-order valence-electron chi connectivity index (χ4n) is 6.42. The molecule has 0 aliphatic heterocycles. The second kappa shape index (κ2) is 7.63. The van der Waals surface area contributed by atoms with Crippen molar-refractivity contribution in [3.63, 3.8) is 0 Å². The van der Waals surface area contributed by atoms with E-state index in [1.54, 1.807) is 16.3 Å². The van der Waals surface area contributed by atoms with Gasteiger partial charge in [0.15, 0.2) is 0 Å². The molecule has 0 amide bonds. The zero-order valence-corrected chi connectivity index (χ0v) is 21.7. The van der Waals surface area contributed by atoms with E-state index < -0.39 is 8.07 Å². The molecule has 0 nitrogen and oxygen atoms in total. The third-order valence-electron chi connectivity index (χ3n) is 7.74. The summed E-state index contributed by atoms with van der Waals surface area (Å²) in [5.41, 5.74) is 9.94. The molecular weight excluding hydrogens is 352 g/mol. The summed E-state index contributed by atoms with van der Waals surface area (Å²) in [4.78, 5) is 0. The highest BCUT2D eigenvalue weighted by Crippen LogP contribution is 2.62. The molecule has 0 radical (unpaired) electrons. The van der Waals surface area contributed by atoms with Crippen LogP contribution in [0.1, 0.15) is 94.2 Å². The van der Waals surface area contributed by atoms with Gasteiger partial charge in [-0.15, -0.1) is 0 Å². The summed E-state index contributed by atoms with van der Waals surface area (Å²) >= 11 is 0. The van der Waals surface area contributed by atoms with E-state index in [-0.39, 0.29) is 10.1 Å². The minimum absolute atomic E-state index is 0.251. The Morgan fingerprint density at radius 3 is 1.32 bits per heavy atom. The van der Waals surface area contributed by atoms with Gasteiger partial charge < -0.3 is 0 Å². The fourth-order valence-corrected chi connectivity index (χ4v) is 15.0. The number of allylic oxidation sites excluding steroid dienone is 4. The van der Waals surface area contributed by atoms with E-state index in [0.29, 0.717) is 5.54 Å². The SMILES string of the molecule is CCc1cc(CC)cc([Si](C2C(C)=C(C)C(C)=C2C)(C(C)(C)C)C(C)(C)C)c1. The van der Waals surface area contributed by atoms with Gasteiger partial charge >= 0.3 is 0 Å². The maximum atomic E-state index is 2.59. The minimum atomic E-state index is -2.06. The maximum absolute atomic E-state index is 2.59. The van der Waals surface area contributed by atoms with E-state index in [1.807, 2.05) is 0 Å².